The first kappa shape index (κ1) is 18.8. The van der Waals surface area contributed by atoms with Crippen LogP contribution in [0, 0.1) is 6.92 Å². The third-order valence-corrected chi connectivity index (χ3v) is 3.99. The number of para-hydroxylation sites is 1. The summed E-state index contributed by atoms with van der Waals surface area (Å²) in [6.07, 6.45) is 2.82. The summed E-state index contributed by atoms with van der Waals surface area (Å²) in [6.45, 7) is 6.92. The van der Waals surface area contributed by atoms with Crippen LogP contribution in [0.4, 0.5) is 4.79 Å². The Bertz CT molecular complexity index is 686. The molecule has 2 amide bonds. The summed E-state index contributed by atoms with van der Waals surface area (Å²) in [5.41, 5.74) is 3.15. The first-order chi connectivity index (χ1) is 12.0. The van der Waals surface area contributed by atoms with Crippen molar-refractivity contribution in [2.24, 2.45) is 0 Å². The second-order valence-electron chi connectivity index (χ2n) is 6.29. The number of nitrogens with one attached hydrogen (secondary N) is 1. The molecule has 1 unspecified atom stereocenters. The van der Waals surface area contributed by atoms with Gasteiger partial charge in [-0.2, -0.15) is 0 Å². The molecule has 134 valence electrons. The predicted octanol–water partition coefficient (Wildman–Crippen LogP) is 3.56. The van der Waals surface area contributed by atoms with E-state index in [9.17, 15) is 4.79 Å². The third-order valence-electron chi connectivity index (χ3n) is 3.99. The summed E-state index contributed by atoms with van der Waals surface area (Å²) in [6, 6.07) is 11.6. The van der Waals surface area contributed by atoms with Gasteiger partial charge in [-0.25, -0.2) is 4.79 Å². The molecule has 0 aliphatic heterocycles. The van der Waals surface area contributed by atoms with Gasteiger partial charge >= 0.3 is 6.03 Å². The lowest BCUT2D eigenvalue weighted by molar-refractivity contribution is 0.195. The number of ether oxygens (including phenoxy) is 1. The van der Waals surface area contributed by atoms with Gasteiger partial charge in [-0.1, -0.05) is 31.2 Å². The first-order valence-electron chi connectivity index (χ1n) is 8.63. The smallest absolute Gasteiger partial charge is 0.317 e. The van der Waals surface area contributed by atoms with E-state index in [1.54, 1.807) is 11.9 Å². The molecule has 1 N–H and O–H groups in total. The van der Waals surface area contributed by atoms with Crippen molar-refractivity contribution in [2.75, 3.05) is 13.7 Å². The number of aryl methyl sites for hydroxylation is 2. The second-order valence-corrected chi connectivity index (χ2v) is 6.29. The molecular weight excluding hydrogens is 314 g/mol. The van der Waals surface area contributed by atoms with Crippen molar-refractivity contribution in [3.8, 4) is 5.75 Å². The highest BCUT2D eigenvalue weighted by atomic mass is 16.5. The summed E-state index contributed by atoms with van der Waals surface area (Å²) < 4.78 is 5.78. The van der Waals surface area contributed by atoms with Crippen molar-refractivity contribution in [1.82, 2.24) is 15.2 Å². The van der Waals surface area contributed by atoms with Gasteiger partial charge in [0, 0.05) is 13.2 Å². The molecule has 1 heterocycles. The number of carbonyl (C=O) groups excluding carboxylic acids is 1. The van der Waals surface area contributed by atoms with E-state index >= 15 is 0 Å². The van der Waals surface area contributed by atoms with E-state index in [4.69, 9.17) is 4.74 Å². The molecule has 0 aliphatic rings. The van der Waals surface area contributed by atoms with E-state index in [1.165, 1.54) is 5.56 Å². The summed E-state index contributed by atoms with van der Waals surface area (Å²) in [5.74, 6) is 0.845. The fourth-order valence-corrected chi connectivity index (χ4v) is 2.37. The van der Waals surface area contributed by atoms with Crippen LogP contribution in [0.15, 0.2) is 42.6 Å². The maximum Gasteiger partial charge on any atom is 0.317 e. The zero-order chi connectivity index (χ0) is 18.2. The molecule has 1 atom stereocenters. The normalized spacial score (nSPS) is 11.7. The number of hydrogen-bond donors (Lipinski definition) is 1. The first-order valence-corrected chi connectivity index (χ1v) is 8.63. The van der Waals surface area contributed by atoms with Crippen LogP contribution >= 0.6 is 0 Å². The standard InChI is InChI=1S/C20H27N3O2/c1-5-17-10-11-18(21-12-17)13-23(4)20(24)22-16(3)14-25-19-9-7-6-8-15(19)2/h6-12,16H,5,13-14H2,1-4H3,(H,22,24). The van der Waals surface area contributed by atoms with Crippen LogP contribution in [0.3, 0.4) is 0 Å². The van der Waals surface area contributed by atoms with Crippen LogP contribution < -0.4 is 10.1 Å². The topological polar surface area (TPSA) is 54.5 Å². The number of pyridine rings is 1. The molecule has 0 saturated carbocycles. The average molecular weight is 341 g/mol. The number of rotatable bonds is 7. The molecule has 1 aromatic heterocycles. The Hall–Kier alpha value is -2.56. The van der Waals surface area contributed by atoms with Gasteiger partial charge in [-0.05, 0) is 43.5 Å². The molecule has 0 radical (unpaired) electrons. The number of amides is 2. The van der Waals surface area contributed by atoms with Crippen LogP contribution in [0.5, 0.6) is 5.75 Å². The lowest BCUT2D eigenvalue weighted by Crippen LogP contribution is -2.44. The van der Waals surface area contributed by atoms with Gasteiger partial charge in [-0.15, -0.1) is 0 Å². The Balaban J connectivity index is 1.80. The fraction of sp³-hybridized carbons (Fsp3) is 0.400. The minimum atomic E-state index is -0.137. The lowest BCUT2D eigenvalue weighted by Gasteiger charge is -2.21. The SMILES string of the molecule is CCc1ccc(CN(C)C(=O)NC(C)COc2ccccc2C)nc1. The lowest BCUT2D eigenvalue weighted by atomic mass is 10.2. The predicted molar refractivity (Wildman–Crippen MR) is 99.7 cm³/mol. The zero-order valence-electron chi connectivity index (χ0n) is 15.5. The average Bonchev–Trinajstić information content (AvgIpc) is 2.61. The molecule has 5 nitrogen and oxygen atoms in total. The number of benzene rings is 1. The minimum absolute atomic E-state index is 0.0926. The van der Waals surface area contributed by atoms with E-state index in [0.29, 0.717) is 13.2 Å². The van der Waals surface area contributed by atoms with Crippen LogP contribution in [-0.2, 0) is 13.0 Å². The molecule has 0 aliphatic carbocycles. The maximum absolute atomic E-state index is 12.3. The molecule has 5 heteroatoms. The van der Waals surface area contributed by atoms with Crippen molar-refractivity contribution in [1.29, 1.82) is 0 Å². The van der Waals surface area contributed by atoms with Crippen molar-refractivity contribution < 1.29 is 9.53 Å². The van der Waals surface area contributed by atoms with Gasteiger partial charge in [0.2, 0.25) is 0 Å². The quantitative estimate of drug-likeness (QED) is 0.838. The Kier molecular flexibility index (Phi) is 6.81. The van der Waals surface area contributed by atoms with Crippen molar-refractivity contribution >= 4 is 6.03 Å². The zero-order valence-corrected chi connectivity index (χ0v) is 15.5. The summed E-state index contributed by atoms with van der Waals surface area (Å²) in [5, 5.41) is 2.95. The van der Waals surface area contributed by atoms with Gasteiger partial charge in [-0.3, -0.25) is 4.98 Å². The molecular formula is C20H27N3O2. The van der Waals surface area contributed by atoms with Crippen LogP contribution in [0.1, 0.15) is 30.7 Å². The summed E-state index contributed by atoms with van der Waals surface area (Å²) in [7, 11) is 1.76. The molecule has 2 rings (SSSR count). The van der Waals surface area contributed by atoms with Crippen molar-refractivity contribution in [2.45, 2.75) is 39.8 Å². The Morgan fingerprint density at radius 1 is 1.28 bits per heavy atom. The summed E-state index contributed by atoms with van der Waals surface area (Å²) >= 11 is 0. The highest BCUT2D eigenvalue weighted by Gasteiger charge is 2.13. The van der Waals surface area contributed by atoms with E-state index in [0.717, 1.165) is 23.4 Å². The molecule has 0 saturated heterocycles. The maximum atomic E-state index is 12.3. The molecule has 2 aromatic rings. The van der Waals surface area contributed by atoms with E-state index < -0.39 is 0 Å². The molecule has 25 heavy (non-hydrogen) atoms. The molecule has 0 spiro atoms. The highest BCUT2D eigenvalue weighted by molar-refractivity contribution is 5.74. The highest BCUT2D eigenvalue weighted by Crippen LogP contribution is 2.16. The van der Waals surface area contributed by atoms with Crippen LogP contribution in [-0.4, -0.2) is 35.6 Å². The molecule has 0 fully saturated rings. The van der Waals surface area contributed by atoms with Crippen molar-refractivity contribution in [3.63, 3.8) is 0 Å². The van der Waals surface area contributed by atoms with Crippen LogP contribution in [0.25, 0.3) is 0 Å². The van der Waals surface area contributed by atoms with Gasteiger partial charge in [0.25, 0.3) is 0 Å². The fourth-order valence-electron chi connectivity index (χ4n) is 2.37. The van der Waals surface area contributed by atoms with Gasteiger partial charge in [0.15, 0.2) is 0 Å². The van der Waals surface area contributed by atoms with Crippen LogP contribution in [0.2, 0.25) is 0 Å². The van der Waals surface area contributed by atoms with E-state index in [-0.39, 0.29) is 12.1 Å². The number of hydrogen-bond acceptors (Lipinski definition) is 3. The number of urea groups is 1. The number of nitrogens with zero attached hydrogens (tertiary/aromatic N) is 2. The molecule has 0 bridgehead atoms. The third kappa shape index (κ3) is 5.78. The Morgan fingerprint density at radius 3 is 2.68 bits per heavy atom. The van der Waals surface area contributed by atoms with E-state index in [2.05, 4.69) is 17.2 Å². The number of carbonyl (C=O) groups is 1. The Labute approximate surface area is 150 Å². The van der Waals surface area contributed by atoms with E-state index in [1.807, 2.05) is 56.4 Å². The Morgan fingerprint density at radius 2 is 2.04 bits per heavy atom. The van der Waals surface area contributed by atoms with Gasteiger partial charge in [0.05, 0.1) is 18.3 Å². The van der Waals surface area contributed by atoms with Gasteiger partial charge < -0.3 is 15.0 Å². The molecule has 1 aromatic carbocycles. The monoisotopic (exact) mass is 341 g/mol. The van der Waals surface area contributed by atoms with Gasteiger partial charge in [0.1, 0.15) is 12.4 Å². The summed E-state index contributed by atoms with van der Waals surface area (Å²) in [4.78, 5) is 18.3. The largest absolute Gasteiger partial charge is 0.491 e. The minimum Gasteiger partial charge on any atom is -0.491 e. The number of aromatic nitrogens is 1. The van der Waals surface area contributed by atoms with Crippen molar-refractivity contribution in [3.05, 3.63) is 59.4 Å². The second kappa shape index (κ2) is 9.06.